The molecule has 1 atom stereocenters. The van der Waals surface area contributed by atoms with E-state index in [9.17, 15) is 0 Å². The van der Waals surface area contributed by atoms with Crippen molar-refractivity contribution in [1.29, 1.82) is 0 Å². The average molecular weight is 163 g/mol. The Morgan fingerprint density at radius 1 is 1.42 bits per heavy atom. The van der Waals surface area contributed by atoms with Crippen LogP contribution >= 0.6 is 0 Å². The highest BCUT2D eigenvalue weighted by atomic mass is 15.1. The fourth-order valence-corrected chi connectivity index (χ4v) is 1.21. The summed E-state index contributed by atoms with van der Waals surface area (Å²) in [7, 11) is 0. The molecular formula is C10H15N2+. The van der Waals surface area contributed by atoms with E-state index in [0.29, 0.717) is 6.04 Å². The number of hydrogen-bond donors (Lipinski definition) is 0. The molecule has 64 valence electrons. The summed E-state index contributed by atoms with van der Waals surface area (Å²) < 4.78 is 2.14. The first-order valence-corrected chi connectivity index (χ1v) is 4.38. The van der Waals surface area contributed by atoms with E-state index in [4.69, 9.17) is 0 Å². The van der Waals surface area contributed by atoms with Crippen molar-refractivity contribution in [2.45, 2.75) is 26.8 Å². The first kappa shape index (κ1) is 8.91. The Morgan fingerprint density at radius 3 is 2.83 bits per heavy atom. The molecule has 2 aliphatic heterocycles. The fourth-order valence-electron chi connectivity index (χ4n) is 1.21. The largest absolute Gasteiger partial charge is 0.286 e. The van der Waals surface area contributed by atoms with Crippen molar-refractivity contribution < 1.29 is 4.58 Å². The number of aliphatic imine (C=N–C) groups is 1. The van der Waals surface area contributed by atoms with Gasteiger partial charge in [0.15, 0.2) is 12.3 Å². The molecule has 0 saturated carbocycles. The highest BCUT2D eigenvalue weighted by Crippen LogP contribution is 2.10. The molecule has 2 heterocycles. The first-order chi connectivity index (χ1) is 5.88. The van der Waals surface area contributed by atoms with Gasteiger partial charge in [0.25, 0.3) is 6.34 Å². The van der Waals surface area contributed by atoms with Crippen molar-refractivity contribution in [2.75, 3.05) is 0 Å². The van der Waals surface area contributed by atoms with E-state index >= 15 is 0 Å². The van der Waals surface area contributed by atoms with Crippen LogP contribution in [0.4, 0.5) is 0 Å². The van der Waals surface area contributed by atoms with Crippen LogP contribution in [0.3, 0.4) is 0 Å². The number of fused-ring (bicyclic) bond motifs is 1. The van der Waals surface area contributed by atoms with Gasteiger partial charge in [-0.25, -0.2) is 4.58 Å². The Balaban J connectivity index is 0.000000336. The molecule has 0 aromatic carbocycles. The summed E-state index contributed by atoms with van der Waals surface area (Å²) in [6.45, 7) is 6.08. The van der Waals surface area contributed by atoms with E-state index in [1.807, 2.05) is 26.4 Å². The topological polar surface area (TPSA) is 15.4 Å². The Hall–Kier alpha value is -1.18. The van der Waals surface area contributed by atoms with Crippen molar-refractivity contribution in [3.63, 3.8) is 0 Å². The van der Waals surface area contributed by atoms with Crippen LogP contribution in [0.1, 0.15) is 20.8 Å². The minimum absolute atomic E-state index is 0.380. The monoisotopic (exact) mass is 163 g/mol. The van der Waals surface area contributed by atoms with E-state index in [0.717, 1.165) is 0 Å². The van der Waals surface area contributed by atoms with E-state index in [1.54, 1.807) is 0 Å². The number of allylic oxidation sites excluding steroid dienone is 3. The molecule has 0 radical (unpaired) electrons. The zero-order valence-corrected chi connectivity index (χ0v) is 7.86. The van der Waals surface area contributed by atoms with Gasteiger partial charge >= 0.3 is 0 Å². The third kappa shape index (κ3) is 1.52. The Kier molecular flexibility index (Phi) is 2.97. The smallest absolute Gasteiger partial charge is 0.221 e. The van der Waals surface area contributed by atoms with Crippen molar-refractivity contribution >= 4 is 12.6 Å². The standard InChI is InChI=1S/C8H9N2.C2H6/c1-7-3-2-4-8-5-9-6-10(7)8;1-2/h2-6,8H,1H3;1-2H3/q+1;. The predicted octanol–water partition coefficient (Wildman–Crippen LogP) is 1.98. The quantitative estimate of drug-likeness (QED) is 0.485. The van der Waals surface area contributed by atoms with Crippen LogP contribution in [-0.2, 0) is 0 Å². The van der Waals surface area contributed by atoms with Crippen LogP contribution in [-0.4, -0.2) is 23.2 Å². The molecule has 2 rings (SSSR count). The summed E-state index contributed by atoms with van der Waals surface area (Å²) in [5, 5.41) is 0. The summed E-state index contributed by atoms with van der Waals surface area (Å²) in [6, 6.07) is 0.380. The molecule has 0 bridgehead atoms. The molecule has 0 spiro atoms. The van der Waals surface area contributed by atoms with Gasteiger partial charge in [0.05, 0.1) is 0 Å². The van der Waals surface area contributed by atoms with Gasteiger partial charge in [-0.2, -0.15) is 0 Å². The lowest BCUT2D eigenvalue weighted by atomic mass is 10.2. The second-order valence-corrected chi connectivity index (χ2v) is 2.50. The summed E-state index contributed by atoms with van der Waals surface area (Å²) in [5.74, 6) is 0. The lowest BCUT2D eigenvalue weighted by Gasteiger charge is -2.08. The van der Waals surface area contributed by atoms with E-state index in [2.05, 4.69) is 34.7 Å². The second kappa shape index (κ2) is 4.00. The number of nitrogens with zero attached hydrogens (tertiary/aromatic N) is 2. The molecule has 0 aromatic heterocycles. The molecule has 0 amide bonds. The van der Waals surface area contributed by atoms with E-state index in [-0.39, 0.29) is 0 Å². The summed E-state index contributed by atoms with van der Waals surface area (Å²) >= 11 is 0. The Morgan fingerprint density at radius 2 is 2.17 bits per heavy atom. The van der Waals surface area contributed by atoms with Gasteiger partial charge in [0, 0.05) is 0 Å². The van der Waals surface area contributed by atoms with Crippen LogP contribution < -0.4 is 0 Å². The zero-order valence-electron chi connectivity index (χ0n) is 7.86. The van der Waals surface area contributed by atoms with Crippen LogP contribution in [0.25, 0.3) is 0 Å². The highest BCUT2D eigenvalue weighted by Gasteiger charge is 2.21. The van der Waals surface area contributed by atoms with Crippen LogP contribution in [0.2, 0.25) is 0 Å². The van der Waals surface area contributed by atoms with Gasteiger partial charge < -0.3 is 0 Å². The molecule has 2 nitrogen and oxygen atoms in total. The summed E-state index contributed by atoms with van der Waals surface area (Å²) in [6.07, 6.45) is 10.1. The maximum absolute atomic E-state index is 4.06. The SMILES string of the molecule is CC.CC1=CC=CC2C=NC=[N+]12. The Bertz CT molecular complexity index is 270. The molecule has 0 fully saturated rings. The number of hydrogen-bond acceptors (Lipinski definition) is 1. The van der Waals surface area contributed by atoms with Gasteiger partial charge in [0.1, 0.15) is 5.70 Å². The second-order valence-electron chi connectivity index (χ2n) is 2.50. The molecule has 2 aliphatic rings. The lowest BCUT2D eigenvalue weighted by molar-refractivity contribution is -0.479. The van der Waals surface area contributed by atoms with Gasteiger partial charge in [-0.05, 0) is 19.1 Å². The van der Waals surface area contributed by atoms with E-state index < -0.39 is 0 Å². The molecule has 2 heteroatoms. The molecule has 0 aliphatic carbocycles. The highest BCUT2D eigenvalue weighted by molar-refractivity contribution is 5.79. The molecule has 0 N–H and O–H groups in total. The first-order valence-electron chi connectivity index (χ1n) is 4.38. The molecule has 0 aromatic rings. The minimum Gasteiger partial charge on any atom is -0.221 e. The molecule has 1 unspecified atom stereocenters. The summed E-state index contributed by atoms with van der Waals surface area (Å²) in [4.78, 5) is 4.06. The minimum atomic E-state index is 0.380. The molecule has 12 heavy (non-hydrogen) atoms. The van der Waals surface area contributed by atoms with Gasteiger partial charge in [-0.15, -0.1) is 0 Å². The normalized spacial score (nSPS) is 23.8. The maximum Gasteiger partial charge on any atom is 0.286 e. The van der Waals surface area contributed by atoms with Crippen LogP contribution in [0, 0.1) is 0 Å². The van der Waals surface area contributed by atoms with Crippen molar-refractivity contribution in [3.05, 3.63) is 23.9 Å². The van der Waals surface area contributed by atoms with Crippen molar-refractivity contribution in [3.8, 4) is 0 Å². The van der Waals surface area contributed by atoms with Gasteiger partial charge in [0.2, 0.25) is 0 Å². The Labute approximate surface area is 73.6 Å². The average Bonchev–Trinajstić information content (AvgIpc) is 2.57. The van der Waals surface area contributed by atoms with Crippen LogP contribution in [0.15, 0.2) is 28.9 Å². The third-order valence-corrected chi connectivity index (χ3v) is 1.80. The van der Waals surface area contributed by atoms with Crippen LogP contribution in [0.5, 0.6) is 0 Å². The molecule has 0 saturated heterocycles. The third-order valence-electron chi connectivity index (χ3n) is 1.80. The van der Waals surface area contributed by atoms with Crippen molar-refractivity contribution in [1.82, 2.24) is 0 Å². The van der Waals surface area contributed by atoms with Gasteiger partial charge in [-0.3, -0.25) is 0 Å². The van der Waals surface area contributed by atoms with E-state index in [1.165, 1.54) is 5.70 Å². The molecular weight excluding hydrogens is 148 g/mol. The van der Waals surface area contributed by atoms with Gasteiger partial charge in [-0.1, -0.05) is 24.9 Å². The number of rotatable bonds is 0. The summed E-state index contributed by atoms with van der Waals surface area (Å²) in [5.41, 5.74) is 1.25. The lowest BCUT2D eigenvalue weighted by Crippen LogP contribution is -2.22. The van der Waals surface area contributed by atoms with Crippen molar-refractivity contribution in [2.24, 2.45) is 4.99 Å². The zero-order chi connectivity index (χ0) is 8.97. The fraction of sp³-hybridized carbons (Fsp3) is 0.400. The maximum atomic E-state index is 4.06. The predicted molar refractivity (Wildman–Crippen MR) is 52.8 cm³/mol.